The predicted molar refractivity (Wildman–Crippen MR) is 82.6 cm³/mol. The van der Waals surface area contributed by atoms with Crippen molar-refractivity contribution in [3.8, 4) is 11.5 Å². The Bertz CT molecular complexity index is 628. The van der Waals surface area contributed by atoms with Gasteiger partial charge >= 0.3 is 0 Å². The molecule has 21 heavy (non-hydrogen) atoms. The number of nitrogen functional groups attached to an aromatic ring is 1. The van der Waals surface area contributed by atoms with Crippen LogP contribution in [0.4, 0.5) is 11.4 Å². The molecule has 3 N–H and O–H groups in total. The first-order valence-corrected chi connectivity index (χ1v) is 6.55. The van der Waals surface area contributed by atoms with Gasteiger partial charge in [0.15, 0.2) is 6.10 Å². The molecule has 5 heteroatoms. The third kappa shape index (κ3) is 4.14. The molecule has 1 amide bonds. The summed E-state index contributed by atoms with van der Waals surface area (Å²) in [6.45, 7) is 1.68. The van der Waals surface area contributed by atoms with Crippen molar-refractivity contribution in [1.82, 2.24) is 0 Å². The monoisotopic (exact) mass is 286 g/mol. The number of nitrogens with two attached hydrogens (primary N) is 1. The van der Waals surface area contributed by atoms with Gasteiger partial charge in [0.2, 0.25) is 0 Å². The quantitative estimate of drug-likeness (QED) is 0.829. The Morgan fingerprint density at radius 3 is 2.57 bits per heavy atom. The molecule has 0 aliphatic heterocycles. The van der Waals surface area contributed by atoms with Gasteiger partial charge in [-0.1, -0.05) is 12.1 Å². The fraction of sp³-hybridized carbons (Fsp3) is 0.188. The highest BCUT2D eigenvalue weighted by atomic mass is 16.5. The lowest BCUT2D eigenvalue weighted by molar-refractivity contribution is -0.122. The van der Waals surface area contributed by atoms with Crippen molar-refractivity contribution in [2.24, 2.45) is 0 Å². The minimum atomic E-state index is -0.641. The Balaban J connectivity index is 1.99. The Labute approximate surface area is 123 Å². The van der Waals surface area contributed by atoms with Crippen LogP contribution in [0.5, 0.6) is 11.5 Å². The molecule has 0 saturated carbocycles. The van der Waals surface area contributed by atoms with E-state index in [0.29, 0.717) is 22.9 Å². The molecule has 5 nitrogen and oxygen atoms in total. The first-order chi connectivity index (χ1) is 10.1. The van der Waals surface area contributed by atoms with Gasteiger partial charge in [-0.25, -0.2) is 0 Å². The molecule has 2 aromatic rings. The molecule has 0 unspecified atom stereocenters. The maximum absolute atomic E-state index is 12.1. The Kier molecular flexibility index (Phi) is 4.66. The fourth-order valence-electron chi connectivity index (χ4n) is 1.79. The molecule has 0 radical (unpaired) electrons. The summed E-state index contributed by atoms with van der Waals surface area (Å²) in [5.74, 6) is 0.992. The highest BCUT2D eigenvalue weighted by Crippen LogP contribution is 2.19. The van der Waals surface area contributed by atoms with E-state index in [4.69, 9.17) is 15.2 Å². The molecule has 2 aromatic carbocycles. The normalized spacial score (nSPS) is 11.5. The van der Waals surface area contributed by atoms with Gasteiger partial charge in [-0.3, -0.25) is 4.79 Å². The number of rotatable bonds is 5. The van der Waals surface area contributed by atoms with Crippen LogP contribution >= 0.6 is 0 Å². The summed E-state index contributed by atoms with van der Waals surface area (Å²) in [5, 5.41) is 2.78. The van der Waals surface area contributed by atoms with Gasteiger partial charge in [0, 0.05) is 23.5 Å². The number of anilines is 2. The molecule has 0 aromatic heterocycles. The minimum absolute atomic E-state index is 0.245. The van der Waals surface area contributed by atoms with E-state index in [2.05, 4.69) is 5.32 Å². The summed E-state index contributed by atoms with van der Waals surface area (Å²) >= 11 is 0. The molecule has 0 aliphatic rings. The van der Waals surface area contributed by atoms with Crippen molar-refractivity contribution >= 4 is 17.3 Å². The van der Waals surface area contributed by atoms with Gasteiger partial charge < -0.3 is 20.5 Å². The summed E-state index contributed by atoms with van der Waals surface area (Å²) in [5.41, 5.74) is 6.92. The molecule has 0 heterocycles. The number of methoxy groups -OCH3 is 1. The smallest absolute Gasteiger partial charge is 0.265 e. The summed E-state index contributed by atoms with van der Waals surface area (Å²) in [7, 11) is 1.58. The molecular formula is C16H18N2O3. The van der Waals surface area contributed by atoms with Crippen molar-refractivity contribution in [3.63, 3.8) is 0 Å². The standard InChI is InChI=1S/C16H18N2O3/c1-11(21-15-8-3-5-12(17)9-15)16(19)18-13-6-4-7-14(10-13)20-2/h3-11H,17H2,1-2H3,(H,18,19)/t11-/m1/s1. The molecule has 0 bridgehead atoms. The first kappa shape index (κ1) is 14.7. The maximum Gasteiger partial charge on any atom is 0.265 e. The van der Waals surface area contributed by atoms with Gasteiger partial charge in [0.1, 0.15) is 11.5 Å². The lowest BCUT2D eigenvalue weighted by Gasteiger charge is -2.15. The molecule has 0 spiro atoms. The topological polar surface area (TPSA) is 73.6 Å². The second kappa shape index (κ2) is 6.65. The third-order valence-electron chi connectivity index (χ3n) is 2.88. The minimum Gasteiger partial charge on any atom is -0.497 e. The Hall–Kier alpha value is -2.69. The van der Waals surface area contributed by atoms with E-state index in [0.717, 1.165) is 0 Å². The van der Waals surface area contributed by atoms with Crippen molar-refractivity contribution in [1.29, 1.82) is 0 Å². The molecule has 0 saturated heterocycles. The number of nitrogens with one attached hydrogen (secondary N) is 1. The van der Waals surface area contributed by atoms with Crippen LogP contribution in [0.15, 0.2) is 48.5 Å². The van der Waals surface area contributed by atoms with Crippen molar-refractivity contribution < 1.29 is 14.3 Å². The van der Waals surface area contributed by atoms with Crippen LogP contribution in [-0.4, -0.2) is 19.1 Å². The summed E-state index contributed by atoms with van der Waals surface area (Å²) in [4.78, 5) is 12.1. The number of hydrogen-bond donors (Lipinski definition) is 2. The average Bonchev–Trinajstić information content (AvgIpc) is 2.47. The molecule has 1 atom stereocenters. The molecule has 110 valence electrons. The second-order valence-electron chi connectivity index (χ2n) is 4.55. The zero-order valence-electron chi connectivity index (χ0n) is 12.0. The van der Waals surface area contributed by atoms with E-state index in [1.165, 1.54) is 0 Å². The van der Waals surface area contributed by atoms with Crippen LogP contribution in [0.25, 0.3) is 0 Å². The van der Waals surface area contributed by atoms with Gasteiger partial charge in [-0.05, 0) is 31.2 Å². The van der Waals surface area contributed by atoms with E-state index >= 15 is 0 Å². The van der Waals surface area contributed by atoms with Crippen LogP contribution in [-0.2, 0) is 4.79 Å². The van der Waals surface area contributed by atoms with Gasteiger partial charge in [0.25, 0.3) is 5.91 Å². The molecule has 0 aliphatic carbocycles. The molecule has 2 rings (SSSR count). The largest absolute Gasteiger partial charge is 0.497 e. The summed E-state index contributed by atoms with van der Waals surface area (Å²) in [6.07, 6.45) is -0.641. The fourth-order valence-corrected chi connectivity index (χ4v) is 1.79. The zero-order chi connectivity index (χ0) is 15.2. The summed E-state index contributed by atoms with van der Waals surface area (Å²) in [6, 6.07) is 14.1. The second-order valence-corrected chi connectivity index (χ2v) is 4.55. The van der Waals surface area contributed by atoms with Crippen molar-refractivity contribution in [3.05, 3.63) is 48.5 Å². The van der Waals surface area contributed by atoms with E-state index in [1.54, 1.807) is 56.5 Å². The first-order valence-electron chi connectivity index (χ1n) is 6.55. The number of amides is 1. The van der Waals surface area contributed by atoms with E-state index < -0.39 is 6.10 Å². The molecule has 0 fully saturated rings. The Morgan fingerprint density at radius 1 is 1.14 bits per heavy atom. The van der Waals surface area contributed by atoms with Crippen molar-refractivity contribution in [2.45, 2.75) is 13.0 Å². The van der Waals surface area contributed by atoms with Crippen LogP contribution < -0.4 is 20.5 Å². The number of carbonyl (C=O) groups is 1. The van der Waals surface area contributed by atoms with Crippen LogP contribution in [0.1, 0.15) is 6.92 Å². The number of ether oxygens (including phenoxy) is 2. The van der Waals surface area contributed by atoms with E-state index in [1.807, 2.05) is 6.07 Å². The van der Waals surface area contributed by atoms with Crippen LogP contribution in [0.3, 0.4) is 0 Å². The predicted octanol–water partition coefficient (Wildman–Crippen LogP) is 2.68. The van der Waals surface area contributed by atoms with Crippen LogP contribution in [0.2, 0.25) is 0 Å². The third-order valence-corrected chi connectivity index (χ3v) is 2.88. The number of carbonyl (C=O) groups excluding carboxylic acids is 1. The maximum atomic E-state index is 12.1. The summed E-state index contributed by atoms with van der Waals surface area (Å²) < 4.78 is 10.7. The van der Waals surface area contributed by atoms with Gasteiger partial charge in [-0.15, -0.1) is 0 Å². The van der Waals surface area contributed by atoms with Crippen LogP contribution in [0, 0.1) is 0 Å². The zero-order valence-corrected chi connectivity index (χ0v) is 12.0. The van der Waals surface area contributed by atoms with Gasteiger partial charge in [0.05, 0.1) is 7.11 Å². The van der Waals surface area contributed by atoms with E-state index in [9.17, 15) is 4.79 Å². The average molecular weight is 286 g/mol. The number of benzene rings is 2. The van der Waals surface area contributed by atoms with Crippen molar-refractivity contribution in [2.75, 3.05) is 18.2 Å². The highest BCUT2D eigenvalue weighted by molar-refractivity contribution is 5.94. The van der Waals surface area contributed by atoms with E-state index in [-0.39, 0.29) is 5.91 Å². The van der Waals surface area contributed by atoms with Gasteiger partial charge in [-0.2, -0.15) is 0 Å². The SMILES string of the molecule is COc1cccc(NC(=O)[C@@H](C)Oc2cccc(N)c2)c1. The lowest BCUT2D eigenvalue weighted by Crippen LogP contribution is -2.30. The molecular weight excluding hydrogens is 268 g/mol. The lowest BCUT2D eigenvalue weighted by atomic mass is 10.2. The number of hydrogen-bond acceptors (Lipinski definition) is 4. The Morgan fingerprint density at radius 2 is 1.86 bits per heavy atom. The highest BCUT2D eigenvalue weighted by Gasteiger charge is 2.15.